The summed E-state index contributed by atoms with van der Waals surface area (Å²) in [6, 6.07) is 12.6. The molecule has 0 aliphatic heterocycles. The van der Waals surface area contributed by atoms with Crippen molar-refractivity contribution in [3.8, 4) is 0 Å². The van der Waals surface area contributed by atoms with Gasteiger partial charge in [-0.1, -0.05) is 49.2 Å². The van der Waals surface area contributed by atoms with Crippen LogP contribution >= 0.6 is 11.6 Å². The molecule has 0 bridgehead atoms. The molecule has 0 fully saturated rings. The van der Waals surface area contributed by atoms with Crippen molar-refractivity contribution in [2.24, 2.45) is 0 Å². The zero-order valence-electron chi connectivity index (χ0n) is 8.26. The van der Waals surface area contributed by atoms with Gasteiger partial charge in [0.2, 0.25) is 0 Å². The van der Waals surface area contributed by atoms with Crippen molar-refractivity contribution in [2.45, 2.75) is 19.8 Å². The Labute approximate surface area is 89.5 Å². The Hall–Kier alpha value is -1.01. The third kappa shape index (κ3) is 1.76. The lowest BCUT2D eigenvalue weighted by Crippen LogP contribution is -1.83. The van der Waals surface area contributed by atoms with E-state index in [2.05, 4.69) is 31.2 Å². The summed E-state index contributed by atoms with van der Waals surface area (Å²) in [7, 11) is 0. The average molecular weight is 205 g/mol. The first-order chi connectivity index (χ1) is 6.81. The van der Waals surface area contributed by atoms with E-state index in [1.54, 1.807) is 0 Å². The van der Waals surface area contributed by atoms with E-state index in [0.717, 1.165) is 11.4 Å². The summed E-state index contributed by atoms with van der Waals surface area (Å²) in [6.45, 7) is 2.19. The SMILES string of the molecule is CCCc1ccc2cccc(Cl)c2c1. The van der Waals surface area contributed by atoms with Gasteiger partial charge in [-0.25, -0.2) is 0 Å². The largest absolute Gasteiger partial charge is 0.0837 e. The minimum atomic E-state index is 0.848. The lowest BCUT2D eigenvalue weighted by atomic mass is 10.0. The van der Waals surface area contributed by atoms with Crippen LogP contribution in [0, 0.1) is 0 Å². The Morgan fingerprint density at radius 3 is 2.79 bits per heavy atom. The van der Waals surface area contributed by atoms with E-state index in [4.69, 9.17) is 11.6 Å². The van der Waals surface area contributed by atoms with Crippen LogP contribution in [-0.2, 0) is 6.42 Å². The second kappa shape index (κ2) is 4.02. The van der Waals surface area contributed by atoms with Gasteiger partial charge in [-0.05, 0) is 29.5 Å². The number of hydrogen-bond donors (Lipinski definition) is 0. The van der Waals surface area contributed by atoms with Gasteiger partial charge in [0.25, 0.3) is 0 Å². The molecule has 0 N–H and O–H groups in total. The monoisotopic (exact) mass is 204 g/mol. The summed E-state index contributed by atoms with van der Waals surface area (Å²) in [4.78, 5) is 0. The van der Waals surface area contributed by atoms with Crippen molar-refractivity contribution >= 4 is 22.4 Å². The quantitative estimate of drug-likeness (QED) is 0.678. The molecule has 2 aromatic rings. The average Bonchev–Trinajstić information content (AvgIpc) is 2.20. The molecule has 0 amide bonds. The molecule has 0 spiro atoms. The number of benzene rings is 2. The van der Waals surface area contributed by atoms with Crippen molar-refractivity contribution in [2.75, 3.05) is 0 Å². The second-order valence-corrected chi connectivity index (χ2v) is 3.95. The van der Waals surface area contributed by atoms with Crippen LogP contribution in [0.1, 0.15) is 18.9 Å². The number of aryl methyl sites for hydroxylation is 1. The molecule has 0 heterocycles. The zero-order chi connectivity index (χ0) is 9.97. The van der Waals surface area contributed by atoms with Crippen LogP contribution in [0.15, 0.2) is 36.4 Å². The van der Waals surface area contributed by atoms with Gasteiger partial charge in [0.05, 0.1) is 0 Å². The molecule has 0 aliphatic carbocycles. The normalized spacial score (nSPS) is 10.7. The predicted octanol–water partition coefficient (Wildman–Crippen LogP) is 4.45. The minimum absolute atomic E-state index is 0.848. The van der Waals surface area contributed by atoms with Crippen LogP contribution < -0.4 is 0 Å². The Morgan fingerprint density at radius 2 is 2.00 bits per heavy atom. The predicted molar refractivity (Wildman–Crippen MR) is 63.0 cm³/mol. The number of fused-ring (bicyclic) bond motifs is 1. The summed E-state index contributed by atoms with van der Waals surface area (Å²) in [6.07, 6.45) is 2.30. The Balaban J connectivity index is 2.58. The lowest BCUT2D eigenvalue weighted by molar-refractivity contribution is 0.924. The van der Waals surface area contributed by atoms with E-state index in [9.17, 15) is 0 Å². The third-order valence-corrected chi connectivity index (χ3v) is 2.76. The first kappa shape index (κ1) is 9.54. The maximum atomic E-state index is 6.13. The van der Waals surface area contributed by atoms with Gasteiger partial charge in [0.15, 0.2) is 0 Å². The van der Waals surface area contributed by atoms with E-state index in [0.29, 0.717) is 0 Å². The lowest BCUT2D eigenvalue weighted by Gasteiger charge is -2.03. The summed E-state index contributed by atoms with van der Waals surface area (Å²) >= 11 is 6.13. The first-order valence-corrected chi connectivity index (χ1v) is 5.36. The van der Waals surface area contributed by atoms with E-state index < -0.39 is 0 Å². The van der Waals surface area contributed by atoms with E-state index in [-0.39, 0.29) is 0 Å². The van der Waals surface area contributed by atoms with Crippen LogP contribution in [0.3, 0.4) is 0 Å². The van der Waals surface area contributed by atoms with Crippen molar-refractivity contribution in [3.63, 3.8) is 0 Å². The Kier molecular flexibility index (Phi) is 2.74. The maximum absolute atomic E-state index is 6.13. The van der Waals surface area contributed by atoms with Crippen LogP contribution in [0.4, 0.5) is 0 Å². The molecule has 0 unspecified atom stereocenters. The van der Waals surface area contributed by atoms with Crippen molar-refractivity contribution in [3.05, 3.63) is 47.0 Å². The maximum Gasteiger partial charge on any atom is 0.0484 e. The highest BCUT2D eigenvalue weighted by molar-refractivity contribution is 6.35. The molecule has 0 saturated heterocycles. The zero-order valence-corrected chi connectivity index (χ0v) is 9.01. The molecule has 0 aliphatic rings. The fraction of sp³-hybridized carbons (Fsp3) is 0.231. The smallest absolute Gasteiger partial charge is 0.0484 e. The molecular formula is C13H13Cl. The molecule has 14 heavy (non-hydrogen) atoms. The summed E-state index contributed by atoms with van der Waals surface area (Å²) in [5.41, 5.74) is 1.37. The summed E-state index contributed by atoms with van der Waals surface area (Å²) < 4.78 is 0. The highest BCUT2D eigenvalue weighted by Crippen LogP contribution is 2.24. The third-order valence-electron chi connectivity index (χ3n) is 2.43. The van der Waals surface area contributed by atoms with Crippen molar-refractivity contribution in [1.29, 1.82) is 0 Å². The van der Waals surface area contributed by atoms with E-state index >= 15 is 0 Å². The standard InChI is InChI=1S/C13H13Cl/c1-2-4-10-7-8-11-5-3-6-13(14)12(11)9-10/h3,5-9H,2,4H2,1H3. The van der Waals surface area contributed by atoms with Gasteiger partial charge in [0, 0.05) is 10.4 Å². The minimum Gasteiger partial charge on any atom is -0.0837 e. The summed E-state index contributed by atoms with van der Waals surface area (Å²) in [5.74, 6) is 0. The van der Waals surface area contributed by atoms with Gasteiger partial charge in [-0.15, -0.1) is 0 Å². The molecule has 2 rings (SSSR count). The summed E-state index contributed by atoms with van der Waals surface area (Å²) in [5, 5.41) is 3.23. The molecular weight excluding hydrogens is 192 g/mol. The molecule has 0 nitrogen and oxygen atoms in total. The Morgan fingerprint density at radius 1 is 1.14 bits per heavy atom. The number of hydrogen-bond acceptors (Lipinski definition) is 0. The fourth-order valence-corrected chi connectivity index (χ4v) is 1.96. The molecule has 2 aromatic carbocycles. The number of halogens is 1. The molecule has 1 heteroatoms. The van der Waals surface area contributed by atoms with Gasteiger partial charge >= 0.3 is 0 Å². The highest BCUT2D eigenvalue weighted by atomic mass is 35.5. The first-order valence-electron chi connectivity index (χ1n) is 4.98. The Bertz CT molecular complexity index is 446. The van der Waals surface area contributed by atoms with Gasteiger partial charge < -0.3 is 0 Å². The van der Waals surface area contributed by atoms with Gasteiger partial charge in [-0.3, -0.25) is 0 Å². The molecule has 0 aromatic heterocycles. The van der Waals surface area contributed by atoms with Gasteiger partial charge in [-0.2, -0.15) is 0 Å². The van der Waals surface area contributed by atoms with Crippen LogP contribution in [0.25, 0.3) is 10.8 Å². The van der Waals surface area contributed by atoms with Crippen LogP contribution in [-0.4, -0.2) is 0 Å². The van der Waals surface area contributed by atoms with E-state index in [1.165, 1.54) is 22.8 Å². The van der Waals surface area contributed by atoms with Crippen LogP contribution in [0.2, 0.25) is 5.02 Å². The molecule has 0 saturated carbocycles. The fourth-order valence-electron chi connectivity index (χ4n) is 1.73. The molecule has 0 atom stereocenters. The van der Waals surface area contributed by atoms with Gasteiger partial charge in [0.1, 0.15) is 0 Å². The van der Waals surface area contributed by atoms with Crippen molar-refractivity contribution < 1.29 is 0 Å². The number of rotatable bonds is 2. The molecule has 0 radical (unpaired) electrons. The second-order valence-electron chi connectivity index (χ2n) is 3.55. The topological polar surface area (TPSA) is 0 Å². The van der Waals surface area contributed by atoms with Crippen LogP contribution in [0.5, 0.6) is 0 Å². The molecule has 72 valence electrons. The van der Waals surface area contributed by atoms with Crippen molar-refractivity contribution in [1.82, 2.24) is 0 Å². The van der Waals surface area contributed by atoms with E-state index in [1.807, 2.05) is 12.1 Å². The highest BCUT2D eigenvalue weighted by Gasteiger charge is 1.99.